The molecule has 3 aromatic rings. The van der Waals surface area contributed by atoms with Gasteiger partial charge in [0.25, 0.3) is 0 Å². The molecular weight excluding hydrogens is 276 g/mol. The molecule has 2 aromatic carbocycles. The van der Waals surface area contributed by atoms with Crippen LogP contribution in [0.25, 0.3) is 10.1 Å². The summed E-state index contributed by atoms with van der Waals surface area (Å²) in [7, 11) is 0. The monoisotopic (exact) mass is 284 g/mol. The zero-order valence-electron chi connectivity index (χ0n) is 9.85. The van der Waals surface area contributed by atoms with Gasteiger partial charge in [-0.2, -0.15) is 5.26 Å². The molecule has 0 saturated heterocycles. The molecule has 4 heteroatoms. The SMILES string of the molecule is N#Cc1ccc(Nc2ccc3sccc3c2)cc1Cl. The van der Waals surface area contributed by atoms with Crippen LogP contribution in [-0.2, 0) is 0 Å². The molecule has 1 aromatic heterocycles. The van der Waals surface area contributed by atoms with E-state index in [1.165, 1.54) is 10.1 Å². The zero-order valence-corrected chi connectivity index (χ0v) is 11.4. The maximum Gasteiger partial charge on any atom is 0.101 e. The lowest BCUT2D eigenvalue weighted by atomic mass is 10.2. The van der Waals surface area contributed by atoms with E-state index in [9.17, 15) is 0 Å². The molecule has 0 unspecified atom stereocenters. The van der Waals surface area contributed by atoms with Crippen molar-refractivity contribution in [3.63, 3.8) is 0 Å². The summed E-state index contributed by atoms with van der Waals surface area (Å²) in [6, 6.07) is 15.7. The van der Waals surface area contributed by atoms with Crippen molar-refractivity contribution in [2.75, 3.05) is 5.32 Å². The molecule has 0 bridgehead atoms. The summed E-state index contributed by atoms with van der Waals surface area (Å²) in [5.74, 6) is 0. The summed E-state index contributed by atoms with van der Waals surface area (Å²) < 4.78 is 1.27. The van der Waals surface area contributed by atoms with Crippen LogP contribution in [-0.4, -0.2) is 0 Å². The first-order chi connectivity index (χ1) is 9.26. The third-order valence-electron chi connectivity index (χ3n) is 2.83. The quantitative estimate of drug-likeness (QED) is 0.704. The second kappa shape index (κ2) is 4.93. The normalized spacial score (nSPS) is 10.3. The number of nitrogens with one attached hydrogen (secondary N) is 1. The summed E-state index contributed by atoms with van der Waals surface area (Å²) in [5.41, 5.74) is 2.37. The number of hydrogen-bond acceptors (Lipinski definition) is 3. The van der Waals surface area contributed by atoms with Crippen LogP contribution in [0, 0.1) is 11.3 Å². The Morgan fingerprint density at radius 2 is 1.84 bits per heavy atom. The van der Waals surface area contributed by atoms with Crippen LogP contribution in [0.5, 0.6) is 0 Å². The van der Waals surface area contributed by atoms with Gasteiger partial charge in [-0.1, -0.05) is 11.6 Å². The highest BCUT2D eigenvalue weighted by Gasteiger charge is 2.02. The molecule has 92 valence electrons. The van der Waals surface area contributed by atoms with E-state index in [2.05, 4.69) is 28.9 Å². The van der Waals surface area contributed by atoms with E-state index in [4.69, 9.17) is 16.9 Å². The van der Waals surface area contributed by atoms with Gasteiger partial charge in [-0.05, 0) is 53.2 Å². The lowest BCUT2D eigenvalue weighted by Crippen LogP contribution is -1.90. The fourth-order valence-corrected chi connectivity index (χ4v) is 2.89. The molecule has 0 aliphatic heterocycles. The number of halogens is 1. The van der Waals surface area contributed by atoms with Gasteiger partial charge < -0.3 is 5.32 Å². The van der Waals surface area contributed by atoms with E-state index in [0.29, 0.717) is 10.6 Å². The van der Waals surface area contributed by atoms with Crippen LogP contribution < -0.4 is 5.32 Å². The Labute approximate surface area is 119 Å². The molecule has 2 nitrogen and oxygen atoms in total. The molecule has 0 aliphatic carbocycles. The average Bonchev–Trinajstić information content (AvgIpc) is 2.86. The van der Waals surface area contributed by atoms with Crippen LogP contribution in [0.1, 0.15) is 5.56 Å². The highest BCUT2D eigenvalue weighted by atomic mass is 35.5. The van der Waals surface area contributed by atoms with E-state index < -0.39 is 0 Å². The number of nitrogens with zero attached hydrogens (tertiary/aromatic N) is 1. The summed E-state index contributed by atoms with van der Waals surface area (Å²) in [4.78, 5) is 0. The standard InChI is InChI=1S/C15H9ClN2S/c16-14-8-13(2-1-11(14)9-17)18-12-3-4-15-10(7-12)5-6-19-15/h1-8,18H. The Morgan fingerprint density at radius 3 is 2.63 bits per heavy atom. The fourth-order valence-electron chi connectivity index (χ4n) is 1.89. The van der Waals surface area contributed by atoms with E-state index in [0.717, 1.165) is 11.4 Å². The molecular formula is C15H9ClN2S. The zero-order chi connectivity index (χ0) is 13.2. The first-order valence-corrected chi connectivity index (χ1v) is 6.96. The second-order valence-corrected chi connectivity index (χ2v) is 5.46. The van der Waals surface area contributed by atoms with Crippen molar-refractivity contribution in [3.8, 4) is 6.07 Å². The topological polar surface area (TPSA) is 35.8 Å². The van der Waals surface area contributed by atoms with Crippen molar-refractivity contribution >= 4 is 44.4 Å². The van der Waals surface area contributed by atoms with Crippen LogP contribution in [0.3, 0.4) is 0 Å². The number of rotatable bonds is 2. The number of nitriles is 1. The number of anilines is 2. The highest BCUT2D eigenvalue weighted by Crippen LogP contribution is 2.27. The lowest BCUT2D eigenvalue weighted by molar-refractivity contribution is 1.48. The summed E-state index contributed by atoms with van der Waals surface area (Å²) in [6.45, 7) is 0. The Hall–Kier alpha value is -2.02. The first-order valence-electron chi connectivity index (χ1n) is 5.70. The van der Waals surface area contributed by atoms with Crippen molar-refractivity contribution in [1.29, 1.82) is 5.26 Å². The molecule has 1 N–H and O–H groups in total. The minimum atomic E-state index is 0.462. The van der Waals surface area contributed by atoms with Gasteiger partial charge in [-0.25, -0.2) is 0 Å². The van der Waals surface area contributed by atoms with Gasteiger partial charge in [0.15, 0.2) is 0 Å². The van der Waals surface area contributed by atoms with Gasteiger partial charge >= 0.3 is 0 Å². The predicted octanol–water partition coefficient (Wildman–Crippen LogP) is 5.17. The Morgan fingerprint density at radius 1 is 1.05 bits per heavy atom. The van der Waals surface area contributed by atoms with Crippen LogP contribution in [0.4, 0.5) is 11.4 Å². The van der Waals surface area contributed by atoms with Gasteiger partial charge in [0.2, 0.25) is 0 Å². The Balaban J connectivity index is 1.92. The largest absolute Gasteiger partial charge is 0.355 e. The molecule has 0 amide bonds. The maximum atomic E-state index is 8.84. The van der Waals surface area contributed by atoms with Crippen LogP contribution in [0.2, 0.25) is 5.02 Å². The fraction of sp³-hybridized carbons (Fsp3) is 0. The molecule has 19 heavy (non-hydrogen) atoms. The number of thiophene rings is 1. The van der Waals surface area contributed by atoms with Crippen LogP contribution in [0.15, 0.2) is 47.8 Å². The summed E-state index contributed by atoms with van der Waals surface area (Å²) in [6.07, 6.45) is 0. The van der Waals surface area contributed by atoms with Gasteiger partial charge in [0.05, 0.1) is 10.6 Å². The Bertz CT molecular complexity index is 786. The molecule has 0 radical (unpaired) electrons. The molecule has 3 rings (SSSR count). The van der Waals surface area contributed by atoms with Gasteiger partial charge in [-0.3, -0.25) is 0 Å². The third-order valence-corrected chi connectivity index (χ3v) is 4.04. The second-order valence-electron chi connectivity index (χ2n) is 4.10. The van der Waals surface area contributed by atoms with Crippen molar-refractivity contribution in [2.24, 2.45) is 0 Å². The summed E-state index contributed by atoms with van der Waals surface area (Å²) >= 11 is 7.74. The van der Waals surface area contributed by atoms with Crippen molar-refractivity contribution in [1.82, 2.24) is 0 Å². The van der Waals surface area contributed by atoms with Crippen molar-refractivity contribution < 1.29 is 0 Å². The molecule has 0 spiro atoms. The highest BCUT2D eigenvalue weighted by molar-refractivity contribution is 7.17. The molecule has 0 saturated carbocycles. The van der Waals surface area contributed by atoms with E-state index >= 15 is 0 Å². The smallest absolute Gasteiger partial charge is 0.101 e. The molecule has 0 atom stereocenters. The minimum absolute atomic E-state index is 0.462. The maximum absolute atomic E-state index is 8.84. The first kappa shape index (κ1) is 12.0. The number of fused-ring (bicyclic) bond motifs is 1. The van der Waals surface area contributed by atoms with Gasteiger partial charge in [-0.15, -0.1) is 11.3 Å². The predicted molar refractivity (Wildman–Crippen MR) is 81.3 cm³/mol. The number of hydrogen-bond donors (Lipinski definition) is 1. The number of benzene rings is 2. The van der Waals surface area contributed by atoms with E-state index in [-0.39, 0.29) is 0 Å². The van der Waals surface area contributed by atoms with E-state index in [1.54, 1.807) is 23.5 Å². The lowest BCUT2D eigenvalue weighted by Gasteiger charge is -2.07. The van der Waals surface area contributed by atoms with Gasteiger partial charge in [0, 0.05) is 16.1 Å². The summed E-state index contributed by atoms with van der Waals surface area (Å²) in [5, 5.41) is 15.9. The van der Waals surface area contributed by atoms with Crippen molar-refractivity contribution in [3.05, 3.63) is 58.4 Å². The van der Waals surface area contributed by atoms with E-state index in [1.807, 2.05) is 18.2 Å². The van der Waals surface area contributed by atoms with Gasteiger partial charge in [0.1, 0.15) is 6.07 Å². The molecule has 0 fully saturated rings. The third kappa shape index (κ3) is 2.41. The minimum Gasteiger partial charge on any atom is -0.355 e. The van der Waals surface area contributed by atoms with Crippen LogP contribution >= 0.6 is 22.9 Å². The average molecular weight is 285 g/mol. The Kier molecular flexibility index (Phi) is 3.12. The molecule has 1 heterocycles. The molecule has 0 aliphatic rings. The van der Waals surface area contributed by atoms with Crippen molar-refractivity contribution in [2.45, 2.75) is 0 Å².